The van der Waals surface area contributed by atoms with Crippen molar-refractivity contribution in [2.24, 2.45) is 0 Å². The first kappa shape index (κ1) is 17.7. The molecule has 0 unspecified atom stereocenters. The maximum atomic E-state index is 13.9. The Bertz CT molecular complexity index is 1190. The summed E-state index contributed by atoms with van der Waals surface area (Å²) in [6, 6.07) is 17.1. The fourth-order valence-electron chi connectivity index (χ4n) is 2.91. The topological polar surface area (TPSA) is 42.0 Å². The molecule has 0 aliphatic rings. The molecule has 0 radical (unpaired) electrons. The summed E-state index contributed by atoms with van der Waals surface area (Å²) < 4.78 is 40.5. The number of halogens is 3. The van der Waals surface area contributed by atoms with Gasteiger partial charge in [-0.05, 0) is 48.5 Å². The van der Waals surface area contributed by atoms with E-state index < -0.39 is 17.5 Å². The number of carbonyl (C=O) groups excluding carboxylic acids is 1. The summed E-state index contributed by atoms with van der Waals surface area (Å²) in [5, 5.41) is 2.96. The third kappa shape index (κ3) is 3.44. The van der Waals surface area contributed by atoms with Crippen LogP contribution in [0.4, 0.5) is 18.9 Å². The van der Waals surface area contributed by atoms with Crippen molar-refractivity contribution >= 4 is 22.5 Å². The van der Waals surface area contributed by atoms with Crippen LogP contribution in [0.15, 0.2) is 72.8 Å². The second-order valence-electron chi connectivity index (χ2n) is 6.16. The van der Waals surface area contributed by atoms with Gasteiger partial charge >= 0.3 is 0 Å². The number of anilines is 1. The van der Waals surface area contributed by atoms with E-state index in [1.807, 2.05) is 0 Å². The molecule has 0 bridgehead atoms. The zero-order valence-corrected chi connectivity index (χ0v) is 14.4. The minimum Gasteiger partial charge on any atom is -0.319 e. The molecule has 0 saturated carbocycles. The van der Waals surface area contributed by atoms with E-state index in [-0.39, 0.29) is 17.1 Å². The zero-order valence-electron chi connectivity index (χ0n) is 14.4. The maximum absolute atomic E-state index is 13.9. The number of amides is 1. The van der Waals surface area contributed by atoms with Gasteiger partial charge in [-0.15, -0.1) is 0 Å². The molecule has 4 aromatic rings. The van der Waals surface area contributed by atoms with Gasteiger partial charge in [0.1, 0.15) is 17.5 Å². The van der Waals surface area contributed by atoms with Gasteiger partial charge in [0.2, 0.25) is 0 Å². The summed E-state index contributed by atoms with van der Waals surface area (Å²) in [6.45, 7) is 0. The van der Waals surface area contributed by atoms with E-state index in [1.54, 1.807) is 42.5 Å². The molecule has 138 valence electrons. The molecule has 1 heterocycles. The lowest BCUT2D eigenvalue weighted by molar-refractivity contribution is 0.102. The molecule has 0 spiro atoms. The summed E-state index contributed by atoms with van der Waals surface area (Å²) >= 11 is 0. The minimum absolute atomic E-state index is 0.244. The van der Waals surface area contributed by atoms with Crippen LogP contribution in [-0.2, 0) is 0 Å². The first-order valence-corrected chi connectivity index (χ1v) is 8.43. The van der Waals surface area contributed by atoms with E-state index in [9.17, 15) is 18.0 Å². The quantitative estimate of drug-likeness (QED) is 0.506. The highest BCUT2D eigenvalue weighted by atomic mass is 19.1. The number of para-hydroxylation sites is 1. The normalized spacial score (nSPS) is 10.8. The van der Waals surface area contributed by atoms with Crippen molar-refractivity contribution in [1.82, 2.24) is 4.98 Å². The van der Waals surface area contributed by atoms with Gasteiger partial charge in [0.05, 0.1) is 22.5 Å². The van der Waals surface area contributed by atoms with Gasteiger partial charge in [-0.25, -0.2) is 18.2 Å². The molecule has 1 amide bonds. The van der Waals surface area contributed by atoms with Crippen LogP contribution >= 0.6 is 0 Å². The molecule has 6 heteroatoms. The number of pyridine rings is 1. The molecular formula is C22H13F3N2O. The fourth-order valence-corrected chi connectivity index (χ4v) is 2.91. The second kappa shape index (κ2) is 7.15. The van der Waals surface area contributed by atoms with E-state index in [0.717, 1.165) is 18.2 Å². The maximum Gasteiger partial charge on any atom is 0.256 e. The van der Waals surface area contributed by atoms with E-state index in [2.05, 4.69) is 10.3 Å². The van der Waals surface area contributed by atoms with Gasteiger partial charge in [-0.1, -0.05) is 18.2 Å². The van der Waals surface area contributed by atoms with Crippen LogP contribution in [0.5, 0.6) is 0 Å². The number of carbonyl (C=O) groups is 1. The Morgan fingerprint density at radius 3 is 2.32 bits per heavy atom. The molecule has 28 heavy (non-hydrogen) atoms. The number of fused-ring (bicyclic) bond motifs is 1. The number of nitrogens with zero attached hydrogens (tertiary/aromatic N) is 1. The molecule has 0 saturated heterocycles. The van der Waals surface area contributed by atoms with Crippen LogP contribution in [0.2, 0.25) is 0 Å². The third-order valence-corrected chi connectivity index (χ3v) is 4.28. The van der Waals surface area contributed by atoms with Gasteiger partial charge in [0.15, 0.2) is 0 Å². The van der Waals surface area contributed by atoms with Crippen LogP contribution in [0, 0.1) is 17.5 Å². The summed E-state index contributed by atoms with van der Waals surface area (Å²) in [5.41, 5.74) is 1.62. The second-order valence-corrected chi connectivity index (χ2v) is 6.16. The van der Waals surface area contributed by atoms with Crippen LogP contribution in [0.1, 0.15) is 10.4 Å². The SMILES string of the molecule is O=C(Nc1cc(F)ccc1F)c1cc(-c2ccc(F)cc2)nc2ccccc12. The Kier molecular flexibility index (Phi) is 4.53. The third-order valence-electron chi connectivity index (χ3n) is 4.28. The first-order valence-electron chi connectivity index (χ1n) is 8.43. The Balaban J connectivity index is 1.81. The number of nitrogens with one attached hydrogen (secondary N) is 1. The number of benzene rings is 3. The highest BCUT2D eigenvalue weighted by Gasteiger charge is 2.16. The molecule has 3 nitrogen and oxygen atoms in total. The Labute approximate surface area is 158 Å². The molecule has 0 atom stereocenters. The van der Waals surface area contributed by atoms with Crippen LogP contribution in [0.3, 0.4) is 0 Å². The first-order chi connectivity index (χ1) is 13.5. The van der Waals surface area contributed by atoms with E-state index in [4.69, 9.17) is 0 Å². The van der Waals surface area contributed by atoms with Gasteiger partial charge in [0, 0.05) is 17.0 Å². The van der Waals surface area contributed by atoms with Crippen molar-refractivity contribution in [2.45, 2.75) is 0 Å². The lowest BCUT2D eigenvalue weighted by Gasteiger charge is -2.11. The Morgan fingerprint density at radius 2 is 1.54 bits per heavy atom. The molecule has 3 aromatic carbocycles. The number of rotatable bonds is 3. The lowest BCUT2D eigenvalue weighted by atomic mass is 10.0. The standard InChI is InChI=1S/C22H13F3N2O/c23-14-7-5-13(6-8-14)20-12-17(16-3-1-2-4-19(16)26-20)22(28)27-21-11-15(24)9-10-18(21)25/h1-12H,(H,27,28). The van der Waals surface area contributed by atoms with Crippen molar-refractivity contribution < 1.29 is 18.0 Å². The van der Waals surface area contributed by atoms with E-state index in [1.165, 1.54) is 12.1 Å². The Morgan fingerprint density at radius 1 is 0.821 bits per heavy atom. The summed E-state index contributed by atoms with van der Waals surface area (Å²) in [5.74, 6) is -2.40. The molecule has 1 N–H and O–H groups in total. The predicted molar refractivity (Wildman–Crippen MR) is 101 cm³/mol. The summed E-state index contributed by atoms with van der Waals surface area (Å²) in [6.07, 6.45) is 0. The monoisotopic (exact) mass is 378 g/mol. The van der Waals surface area contributed by atoms with Gasteiger partial charge < -0.3 is 5.32 Å². The average Bonchev–Trinajstić information content (AvgIpc) is 2.70. The number of aromatic nitrogens is 1. The molecular weight excluding hydrogens is 365 g/mol. The van der Waals surface area contributed by atoms with Crippen LogP contribution < -0.4 is 5.32 Å². The van der Waals surface area contributed by atoms with Crippen molar-refractivity contribution in [2.75, 3.05) is 5.32 Å². The molecule has 0 aliphatic carbocycles. The molecule has 0 fully saturated rings. The van der Waals surface area contributed by atoms with Crippen LogP contribution in [-0.4, -0.2) is 10.9 Å². The minimum atomic E-state index is -0.744. The smallest absolute Gasteiger partial charge is 0.256 e. The fraction of sp³-hybridized carbons (Fsp3) is 0. The van der Waals surface area contributed by atoms with Crippen molar-refractivity contribution in [3.63, 3.8) is 0 Å². The highest BCUT2D eigenvalue weighted by Crippen LogP contribution is 2.26. The largest absolute Gasteiger partial charge is 0.319 e. The zero-order chi connectivity index (χ0) is 19.7. The van der Waals surface area contributed by atoms with Crippen molar-refractivity contribution in [1.29, 1.82) is 0 Å². The van der Waals surface area contributed by atoms with Crippen LogP contribution in [0.25, 0.3) is 22.2 Å². The predicted octanol–water partition coefficient (Wildman–Crippen LogP) is 5.57. The highest BCUT2D eigenvalue weighted by molar-refractivity contribution is 6.13. The van der Waals surface area contributed by atoms with Crippen molar-refractivity contribution in [3.8, 4) is 11.3 Å². The van der Waals surface area contributed by atoms with E-state index >= 15 is 0 Å². The molecule has 4 rings (SSSR count). The number of hydrogen-bond donors (Lipinski definition) is 1. The van der Waals surface area contributed by atoms with Gasteiger partial charge in [-0.2, -0.15) is 0 Å². The van der Waals surface area contributed by atoms with Crippen molar-refractivity contribution in [3.05, 3.63) is 95.8 Å². The lowest BCUT2D eigenvalue weighted by Crippen LogP contribution is -2.14. The number of hydrogen-bond acceptors (Lipinski definition) is 2. The summed E-state index contributed by atoms with van der Waals surface area (Å²) in [7, 11) is 0. The molecule has 0 aliphatic heterocycles. The van der Waals surface area contributed by atoms with E-state index in [0.29, 0.717) is 22.2 Å². The average molecular weight is 378 g/mol. The van der Waals surface area contributed by atoms with Gasteiger partial charge in [0.25, 0.3) is 5.91 Å². The van der Waals surface area contributed by atoms with Gasteiger partial charge in [-0.3, -0.25) is 4.79 Å². The molecule has 1 aromatic heterocycles. The summed E-state index contributed by atoms with van der Waals surface area (Å²) in [4.78, 5) is 17.4. The Hall–Kier alpha value is -3.67.